The van der Waals surface area contributed by atoms with Crippen LogP contribution < -0.4 is 10.4 Å². The summed E-state index contributed by atoms with van der Waals surface area (Å²) in [4.78, 5) is 16.2. The van der Waals surface area contributed by atoms with Gasteiger partial charge in [0.1, 0.15) is 0 Å². The summed E-state index contributed by atoms with van der Waals surface area (Å²) in [5.74, 6) is -1.12. The molecule has 1 aliphatic rings. The summed E-state index contributed by atoms with van der Waals surface area (Å²) in [6.07, 6.45) is 2.16. The van der Waals surface area contributed by atoms with E-state index in [0.717, 1.165) is 25.0 Å². The van der Waals surface area contributed by atoms with Crippen LogP contribution in [0, 0.1) is 0 Å². The predicted molar refractivity (Wildman–Crippen MR) is 88.7 cm³/mol. The van der Waals surface area contributed by atoms with Crippen LogP contribution in [0.1, 0.15) is 17.7 Å². The van der Waals surface area contributed by atoms with Gasteiger partial charge in [-0.1, -0.05) is 23.7 Å². The molecule has 0 aliphatic carbocycles. The molecule has 1 aromatic heterocycles. The Balaban J connectivity index is 1.80. The highest BCUT2D eigenvalue weighted by atomic mass is 35.5. The Hall–Kier alpha value is -1.63. The van der Waals surface area contributed by atoms with Gasteiger partial charge in [0, 0.05) is 41.0 Å². The number of carboxylic acids is 1. The number of anilines is 1. The second kappa shape index (κ2) is 7.29. The van der Waals surface area contributed by atoms with Crippen LogP contribution in [0.3, 0.4) is 0 Å². The third-order valence-electron chi connectivity index (χ3n) is 3.62. The van der Waals surface area contributed by atoms with E-state index in [4.69, 9.17) is 16.3 Å². The lowest BCUT2D eigenvalue weighted by molar-refractivity contribution is -0.304. The maximum atomic E-state index is 11.0. The fourth-order valence-corrected chi connectivity index (χ4v) is 3.62. The maximum Gasteiger partial charge on any atom is 0.183 e. The Morgan fingerprint density at radius 3 is 2.87 bits per heavy atom. The fraction of sp³-hybridized carbons (Fsp3) is 0.375. The zero-order chi connectivity index (χ0) is 16.2. The standard InChI is InChI=1S/C16H17ClN2O3S/c17-11-5-3-10(4-6-11)15-13(8-14(20)21)23-16(19-15)18-9-12-2-1-7-22-12/h3-6,12H,1-2,7-9H2,(H,18,19)(H,20,21)/p-1/t12-/m1/s1. The van der Waals surface area contributed by atoms with Crippen LogP contribution in [0.2, 0.25) is 5.02 Å². The van der Waals surface area contributed by atoms with Crippen molar-refractivity contribution in [1.82, 2.24) is 4.98 Å². The summed E-state index contributed by atoms with van der Waals surface area (Å²) in [5, 5.41) is 15.6. The van der Waals surface area contributed by atoms with E-state index in [1.165, 1.54) is 11.3 Å². The number of aliphatic carboxylic acids is 1. The van der Waals surface area contributed by atoms with Crippen LogP contribution in [-0.2, 0) is 16.0 Å². The number of thiazole rings is 1. The summed E-state index contributed by atoms with van der Waals surface area (Å²) in [7, 11) is 0. The molecule has 0 unspecified atom stereocenters. The van der Waals surface area contributed by atoms with Crippen molar-refractivity contribution in [3.63, 3.8) is 0 Å². The zero-order valence-corrected chi connectivity index (χ0v) is 14.0. The first-order valence-electron chi connectivity index (χ1n) is 7.43. The number of hydrogen-bond donors (Lipinski definition) is 1. The molecule has 2 heterocycles. The number of carbonyl (C=O) groups is 1. The molecule has 3 rings (SSSR count). The van der Waals surface area contributed by atoms with Crippen LogP contribution in [0.5, 0.6) is 0 Å². The van der Waals surface area contributed by atoms with Crippen LogP contribution >= 0.6 is 22.9 Å². The summed E-state index contributed by atoms with van der Waals surface area (Å²) in [6.45, 7) is 1.48. The molecule has 1 atom stereocenters. The normalized spacial score (nSPS) is 17.3. The van der Waals surface area contributed by atoms with Gasteiger partial charge in [-0.2, -0.15) is 0 Å². The number of benzene rings is 1. The van der Waals surface area contributed by atoms with Crippen molar-refractivity contribution in [3.05, 3.63) is 34.2 Å². The second-order valence-corrected chi connectivity index (χ2v) is 6.88. The molecule has 0 amide bonds. The number of hydrogen-bond acceptors (Lipinski definition) is 6. The topological polar surface area (TPSA) is 74.3 Å². The molecule has 5 nitrogen and oxygen atoms in total. The lowest BCUT2D eigenvalue weighted by Crippen LogP contribution is -2.24. The average Bonchev–Trinajstić information content (AvgIpc) is 3.15. The molecule has 0 spiro atoms. The van der Waals surface area contributed by atoms with Crippen molar-refractivity contribution in [2.75, 3.05) is 18.5 Å². The molecule has 0 radical (unpaired) electrons. The monoisotopic (exact) mass is 351 g/mol. The highest BCUT2D eigenvalue weighted by Crippen LogP contribution is 2.32. The Morgan fingerprint density at radius 2 is 2.22 bits per heavy atom. The van der Waals surface area contributed by atoms with Crippen molar-refractivity contribution in [3.8, 4) is 11.3 Å². The van der Waals surface area contributed by atoms with Gasteiger partial charge >= 0.3 is 0 Å². The Kier molecular flexibility index (Phi) is 5.15. The minimum Gasteiger partial charge on any atom is -0.550 e. The molecule has 23 heavy (non-hydrogen) atoms. The molecule has 0 bridgehead atoms. The van der Waals surface area contributed by atoms with E-state index in [2.05, 4.69) is 10.3 Å². The van der Waals surface area contributed by atoms with Crippen molar-refractivity contribution < 1.29 is 14.6 Å². The molecule has 122 valence electrons. The Bertz CT molecular complexity index is 681. The van der Waals surface area contributed by atoms with Crippen molar-refractivity contribution >= 4 is 34.0 Å². The maximum absolute atomic E-state index is 11.0. The van der Waals surface area contributed by atoms with Crippen molar-refractivity contribution in [2.45, 2.75) is 25.4 Å². The van der Waals surface area contributed by atoms with Crippen LogP contribution in [0.25, 0.3) is 11.3 Å². The Morgan fingerprint density at radius 1 is 1.43 bits per heavy atom. The van der Waals surface area contributed by atoms with E-state index in [1.807, 2.05) is 12.1 Å². The third kappa shape index (κ3) is 4.22. The SMILES string of the molecule is O=C([O-])Cc1sc(NC[C@H]2CCCO2)nc1-c1ccc(Cl)cc1. The molecular formula is C16H16ClN2O3S-. The second-order valence-electron chi connectivity index (χ2n) is 5.36. The number of aromatic nitrogens is 1. The Labute approximate surface area is 143 Å². The van der Waals surface area contributed by atoms with Gasteiger partial charge in [0.2, 0.25) is 0 Å². The van der Waals surface area contributed by atoms with E-state index >= 15 is 0 Å². The molecule has 2 aromatic rings. The summed E-state index contributed by atoms with van der Waals surface area (Å²) in [6, 6.07) is 7.19. The number of halogens is 1. The molecule has 1 fully saturated rings. The van der Waals surface area contributed by atoms with Crippen molar-refractivity contribution in [2.24, 2.45) is 0 Å². The molecule has 0 saturated carbocycles. The molecule has 1 aromatic carbocycles. The van der Waals surface area contributed by atoms with Gasteiger partial charge in [0.05, 0.1) is 11.8 Å². The van der Waals surface area contributed by atoms with E-state index in [1.54, 1.807) is 12.1 Å². The van der Waals surface area contributed by atoms with Gasteiger partial charge in [0.15, 0.2) is 5.13 Å². The molecule has 7 heteroatoms. The number of rotatable bonds is 6. The van der Waals surface area contributed by atoms with Gasteiger partial charge < -0.3 is 20.0 Å². The van der Waals surface area contributed by atoms with Gasteiger partial charge in [0.25, 0.3) is 0 Å². The number of carbonyl (C=O) groups excluding carboxylic acids is 1. The highest BCUT2D eigenvalue weighted by Gasteiger charge is 2.17. The van der Waals surface area contributed by atoms with E-state index in [9.17, 15) is 9.90 Å². The first-order valence-corrected chi connectivity index (χ1v) is 8.62. The quantitative estimate of drug-likeness (QED) is 0.864. The average molecular weight is 352 g/mol. The zero-order valence-electron chi connectivity index (χ0n) is 12.4. The van der Waals surface area contributed by atoms with E-state index in [0.29, 0.717) is 27.3 Å². The molecule has 1 N–H and O–H groups in total. The highest BCUT2D eigenvalue weighted by molar-refractivity contribution is 7.16. The van der Waals surface area contributed by atoms with Gasteiger partial charge in [-0.25, -0.2) is 4.98 Å². The summed E-state index contributed by atoms with van der Waals surface area (Å²) >= 11 is 7.24. The van der Waals surface area contributed by atoms with Gasteiger partial charge in [-0.3, -0.25) is 0 Å². The van der Waals surface area contributed by atoms with Crippen LogP contribution in [-0.4, -0.2) is 30.2 Å². The van der Waals surface area contributed by atoms with E-state index in [-0.39, 0.29) is 12.5 Å². The molecular weight excluding hydrogens is 336 g/mol. The number of carboxylic acid groups (broad SMARTS) is 1. The van der Waals surface area contributed by atoms with E-state index < -0.39 is 5.97 Å². The molecule has 1 saturated heterocycles. The van der Waals surface area contributed by atoms with Crippen molar-refractivity contribution in [1.29, 1.82) is 0 Å². The minimum atomic E-state index is -1.12. The van der Waals surface area contributed by atoms with Crippen LogP contribution in [0.15, 0.2) is 24.3 Å². The smallest absolute Gasteiger partial charge is 0.183 e. The predicted octanol–water partition coefficient (Wildman–Crippen LogP) is 2.35. The summed E-state index contributed by atoms with van der Waals surface area (Å²) < 4.78 is 5.57. The largest absolute Gasteiger partial charge is 0.550 e. The first-order chi connectivity index (χ1) is 11.1. The van der Waals surface area contributed by atoms with Crippen LogP contribution in [0.4, 0.5) is 5.13 Å². The van der Waals surface area contributed by atoms with Gasteiger partial charge in [-0.05, 0) is 25.0 Å². The minimum absolute atomic E-state index is 0.156. The third-order valence-corrected chi connectivity index (χ3v) is 4.89. The first kappa shape index (κ1) is 16.2. The number of nitrogens with one attached hydrogen (secondary N) is 1. The lowest BCUT2D eigenvalue weighted by atomic mass is 10.1. The lowest BCUT2D eigenvalue weighted by Gasteiger charge is -2.09. The number of nitrogens with zero attached hydrogens (tertiary/aromatic N) is 1. The fourth-order valence-electron chi connectivity index (χ4n) is 2.52. The number of ether oxygens (including phenoxy) is 1. The summed E-state index contributed by atoms with van der Waals surface area (Å²) in [5.41, 5.74) is 1.50. The molecule has 1 aliphatic heterocycles. The van der Waals surface area contributed by atoms with Gasteiger partial charge in [-0.15, -0.1) is 11.3 Å².